The number of aryl methyl sites for hydroxylation is 1. The van der Waals surface area contributed by atoms with E-state index >= 15 is 0 Å². The lowest BCUT2D eigenvalue weighted by molar-refractivity contribution is 0.501. The fourth-order valence-electron chi connectivity index (χ4n) is 1.40. The lowest BCUT2D eigenvalue weighted by atomic mass is 9.80. The molecule has 2 nitrogen and oxygen atoms in total. The number of hydrogen-bond acceptors (Lipinski definition) is 1. The van der Waals surface area contributed by atoms with Gasteiger partial charge >= 0.3 is 6.98 Å². The zero-order valence-electron chi connectivity index (χ0n) is 8.57. The molecular weight excluding hydrogens is 216 g/mol. The van der Waals surface area contributed by atoms with Crippen molar-refractivity contribution < 1.29 is 12.9 Å². The monoisotopic (exact) mass is 225 g/mol. The molecule has 0 radical (unpaired) electrons. The van der Waals surface area contributed by atoms with Crippen LogP contribution in [0.25, 0.3) is 5.69 Å². The van der Waals surface area contributed by atoms with Gasteiger partial charge in [-0.25, -0.2) is 4.68 Å². The molecule has 2 aromatic rings. The number of hydrogen-bond donors (Lipinski definition) is 0. The lowest BCUT2D eigenvalue weighted by Gasteiger charge is -2.14. The Morgan fingerprint density at radius 2 is 1.75 bits per heavy atom. The third-order valence-corrected chi connectivity index (χ3v) is 2.25. The summed E-state index contributed by atoms with van der Waals surface area (Å²) < 4.78 is 38.6. The van der Waals surface area contributed by atoms with E-state index < -0.39 is 12.4 Å². The summed E-state index contributed by atoms with van der Waals surface area (Å²) in [7, 11) is 0. The molecule has 0 atom stereocenters. The van der Waals surface area contributed by atoms with Crippen LogP contribution in [-0.4, -0.2) is 16.8 Å². The molecule has 1 aromatic heterocycles. The highest BCUT2D eigenvalue weighted by molar-refractivity contribution is 6.73. The Kier molecular flexibility index (Phi) is 2.49. The first-order chi connectivity index (χ1) is 7.47. The number of benzene rings is 1. The van der Waals surface area contributed by atoms with E-state index in [1.54, 1.807) is 17.1 Å². The summed E-state index contributed by atoms with van der Waals surface area (Å²) >= 11 is 0. The molecule has 6 heteroatoms. The van der Waals surface area contributed by atoms with Gasteiger partial charge in [0.2, 0.25) is 0 Å². The predicted molar refractivity (Wildman–Crippen MR) is 57.0 cm³/mol. The SMILES string of the molecule is Cc1cnn(-c2ccc([B-](F)(F)F)cc2)c1. The third kappa shape index (κ3) is 2.10. The lowest BCUT2D eigenvalue weighted by Crippen LogP contribution is -2.33. The van der Waals surface area contributed by atoms with Gasteiger partial charge < -0.3 is 12.9 Å². The van der Waals surface area contributed by atoms with Crippen molar-refractivity contribution >= 4 is 12.4 Å². The summed E-state index contributed by atoms with van der Waals surface area (Å²) in [6, 6.07) is 4.98. The van der Waals surface area contributed by atoms with Crippen LogP contribution in [0.15, 0.2) is 36.7 Å². The first-order valence-corrected chi connectivity index (χ1v) is 4.78. The molecule has 0 N–H and O–H groups in total. The van der Waals surface area contributed by atoms with Crippen LogP contribution in [0.2, 0.25) is 0 Å². The molecule has 0 aliphatic heterocycles. The molecule has 0 fully saturated rings. The highest BCUT2D eigenvalue weighted by Crippen LogP contribution is 2.11. The van der Waals surface area contributed by atoms with E-state index in [2.05, 4.69) is 5.10 Å². The average molecular weight is 225 g/mol. The second-order valence-electron chi connectivity index (χ2n) is 3.63. The van der Waals surface area contributed by atoms with Gasteiger partial charge in [0.1, 0.15) is 0 Å². The zero-order chi connectivity index (χ0) is 11.8. The smallest absolute Gasteiger partial charge is 0.445 e. The van der Waals surface area contributed by atoms with Crippen molar-refractivity contribution in [1.82, 2.24) is 9.78 Å². The van der Waals surface area contributed by atoms with Crippen LogP contribution in [0.5, 0.6) is 0 Å². The zero-order valence-corrected chi connectivity index (χ0v) is 8.57. The van der Waals surface area contributed by atoms with Crippen molar-refractivity contribution in [3.8, 4) is 5.69 Å². The maximum atomic E-state index is 12.4. The molecule has 2 rings (SSSR count). The molecule has 0 saturated heterocycles. The van der Waals surface area contributed by atoms with Crippen LogP contribution in [-0.2, 0) is 0 Å². The van der Waals surface area contributed by atoms with Gasteiger partial charge in [0.15, 0.2) is 0 Å². The number of nitrogens with zero attached hydrogens (tertiary/aromatic N) is 2. The molecule has 16 heavy (non-hydrogen) atoms. The van der Waals surface area contributed by atoms with Gasteiger partial charge in [-0.15, -0.1) is 5.46 Å². The van der Waals surface area contributed by atoms with E-state index in [9.17, 15) is 12.9 Å². The van der Waals surface area contributed by atoms with Crippen molar-refractivity contribution in [2.24, 2.45) is 0 Å². The van der Waals surface area contributed by atoms with Crippen LogP contribution in [0.3, 0.4) is 0 Å². The Balaban J connectivity index is 2.33. The van der Waals surface area contributed by atoms with Gasteiger partial charge in [-0.1, -0.05) is 12.1 Å². The average Bonchev–Trinajstić information content (AvgIpc) is 2.64. The summed E-state index contributed by atoms with van der Waals surface area (Å²) in [4.78, 5) is 0. The molecule has 1 aromatic carbocycles. The Bertz CT molecular complexity index is 488. The minimum atomic E-state index is -4.92. The van der Waals surface area contributed by atoms with Crippen LogP contribution in [0, 0.1) is 6.92 Å². The van der Waals surface area contributed by atoms with Crippen molar-refractivity contribution in [2.45, 2.75) is 6.92 Å². The fraction of sp³-hybridized carbons (Fsp3) is 0.100. The molecule has 0 aliphatic carbocycles. The third-order valence-electron chi connectivity index (χ3n) is 2.25. The fourth-order valence-corrected chi connectivity index (χ4v) is 1.40. The standard InChI is InChI=1S/C10H9BF3N2/c1-8-6-15-16(7-8)10-4-2-9(3-5-10)11(12,13)14/h2-7H,1H3/q-1. The summed E-state index contributed by atoms with van der Waals surface area (Å²) in [6.45, 7) is -3.05. The highest BCUT2D eigenvalue weighted by Gasteiger charge is 2.24. The topological polar surface area (TPSA) is 17.8 Å². The number of aromatic nitrogens is 2. The van der Waals surface area contributed by atoms with E-state index in [1.165, 1.54) is 12.1 Å². The van der Waals surface area contributed by atoms with E-state index in [4.69, 9.17) is 0 Å². The van der Waals surface area contributed by atoms with Crippen LogP contribution >= 0.6 is 0 Å². The highest BCUT2D eigenvalue weighted by atomic mass is 19.4. The molecule has 1 heterocycles. The Morgan fingerprint density at radius 1 is 1.12 bits per heavy atom. The van der Waals surface area contributed by atoms with Crippen molar-refractivity contribution in [1.29, 1.82) is 0 Å². The maximum Gasteiger partial charge on any atom is 0.509 e. The van der Waals surface area contributed by atoms with Gasteiger partial charge in [0.05, 0.1) is 11.9 Å². The van der Waals surface area contributed by atoms with E-state index in [0.717, 1.165) is 17.7 Å². The van der Waals surface area contributed by atoms with E-state index in [-0.39, 0.29) is 0 Å². The van der Waals surface area contributed by atoms with Crippen molar-refractivity contribution in [3.63, 3.8) is 0 Å². The van der Waals surface area contributed by atoms with Gasteiger partial charge in [-0.3, -0.25) is 0 Å². The number of halogens is 3. The summed E-state index contributed by atoms with van der Waals surface area (Å²) in [6.07, 6.45) is 3.41. The molecule has 84 valence electrons. The Morgan fingerprint density at radius 3 is 2.19 bits per heavy atom. The molecular formula is C10H9BF3N2-. The second kappa shape index (κ2) is 3.70. The van der Waals surface area contributed by atoms with Gasteiger partial charge in [0.25, 0.3) is 0 Å². The number of rotatable bonds is 2. The van der Waals surface area contributed by atoms with E-state index in [1.807, 2.05) is 6.92 Å². The van der Waals surface area contributed by atoms with Crippen LogP contribution < -0.4 is 5.46 Å². The summed E-state index contributed by atoms with van der Waals surface area (Å²) in [5.74, 6) is 0. The van der Waals surface area contributed by atoms with Crippen molar-refractivity contribution in [2.75, 3.05) is 0 Å². The second-order valence-corrected chi connectivity index (χ2v) is 3.63. The van der Waals surface area contributed by atoms with Crippen LogP contribution in [0.4, 0.5) is 12.9 Å². The Labute approximate surface area is 90.8 Å². The predicted octanol–water partition coefficient (Wildman–Crippen LogP) is 2.24. The maximum absolute atomic E-state index is 12.4. The van der Waals surface area contributed by atoms with Crippen molar-refractivity contribution in [3.05, 3.63) is 42.2 Å². The summed E-state index contributed by atoms with van der Waals surface area (Å²) in [5.41, 5.74) is 0.994. The van der Waals surface area contributed by atoms with Crippen LogP contribution in [0.1, 0.15) is 5.56 Å². The summed E-state index contributed by atoms with van der Waals surface area (Å²) in [5, 5.41) is 4.02. The minimum Gasteiger partial charge on any atom is -0.445 e. The molecule has 0 amide bonds. The van der Waals surface area contributed by atoms with E-state index in [0.29, 0.717) is 5.69 Å². The first-order valence-electron chi connectivity index (χ1n) is 4.78. The largest absolute Gasteiger partial charge is 0.509 e. The van der Waals surface area contributed by atoms with Gasteiger partial charge in [0, 0.05) is 6.20 Å². The minimum absolute atomic E-state index is 0.590. The molecule has 0 aliphatic rings. The first kappa shape index (κ1) is 10.8. The molecule has 0 unspecified atom stereocenters. The van der Waals surface area contributed by atoms with Gasteiger partial charge in [-0.2, -0.15) is 5.10 Å². The molecule has 0 saturated carbocycles. The molecule has 0 spiro atoms. The quantitative estimate of drug-likeness (QED) is 0.716. The normalized spacial score (nSPS) is 11.8. The molecule has 0 bridgehead atoms. The Hall–Kier alpha value is -1.72. The van der Waals surface area contributed by atoms with Gasteiger partial charge in [-0.05, 0) is 24.6 Å².